The van der Waals surface area contributed by atoms with Gasteiger partial charge in [0, 0.05) is 19.3 Å². The second-order valence-corrected chi connectivity index (χ2v) is 15.3. The molecular weight excluding hydrogens is 636 g/mol. The number of carbonyl (C=O) groups is 3. The number of carbonyl (C=O) groups excluding carboxylic acids is 3. The maximum Gasteiger partial charge on any atom is 0.306 e. The molecule has 0 fully saturated rings. The molecule has 0 aliphatic heterocycles. The van der Waals surface area contributed by atoms with E-state index in [0.29, 0.717) is 19.3 Å². The summed E-state index contributed by atoms with van der Waals surface area (Å²) in [6.45, 7) is 6.62. The number of hydrogen-bond acceptors (Lipinski definition) is 6. The van der Waals surface area contributed by atoms with E-state index in [1.807, 2.05) is 0 Å². The van der Waals surface area contributed by atoms with Crippen molar-refractivity contribution in [2.75, 3.05) is 13.2 Å². The lowest BCUT2D eigenvalue weighted by Crippen LogP contribution is -2.30. The van der Waals surface area contributed by atoms with Crippen LogP contribution in [0, 0.1) is 0 Å². The van der Waals surface area contributed by atoms with Gasteiger partial charge in [-0.05, 0) is 19.3 Å². The van der Waals surface area contributed by atoms with Crippen LogP contribution in [-0.2, 0) is 28.6 Å². The van der Waals surface area contributed by atoms with Crippen LogP contribution >= 0.6 is 0 Å². The van der Waals surface area contributed by atoms with Gasteiger partial charge in [-0.15, -0.1) is 0 Å². The van der Waals surface area contributed by atoms with Crippen LogP contribution in [0.1, 0.15) is 252 Å². The van der Waals surface area contributed by atoms with Crippen LogP contribution in [0.3, 0.4) is 0 Å². The molecule has 0 aliphatic rings. The molecule has 302 valence electrons. The van der Waals surface area contributed by atoms with Crippen molar-refractivity contribution in [1.29, 1.82) is 0 Å². The van der Waals surface area contributed by atoms with E-state index >= 15 is 0 Å². The van der Waals surface area contributed by atoms with Gasteiger partial charge in [0.05, 0.1) is 0 Å². The highest BCUT2D eigenvalue weighted by Crippen LogP contribution is 2.15. The Kier molecular flexibility index (Phi) is 39.9. The lowest BCUT2D eigenvalue weighted by atomic mass is 10.0. The fourth-order valence-electron chi connectivity index (χ4n) is 6.68. The Morgan fingerprint density at radius 2 is 0.529 bits per heavy atom. The molecule has 0 rings (SSSR count). The third-order valence-electron chi connectivity index (χ3n) is 10.1. The first kappa shape index (κ1) is 49.4. The Morgan fingerprint density at radius 1 is 0.314 bits per heavy atom. The van der Waals surface area contributed by atoms with E-state index in [2.05, 4.69) is 20.8 Å². The zero-order valence-electron chi connectivity index (χ0n) is 34.4. The summed E-state index contributed by atoms with van der Waals surface area (Å²) in [5, 5.41) is 0. The van der Waals surface area contributed by atoms with Gasteiger partial charge in [-0.2, -0.15) is 0 Å². The van der Waals surface area contributed by atoms with Gasteiger partial charge in [0.15, 0.2) is 6.10 Å². The standard InChI is InChI=1S/C45H86O6/c1-4-7-10-13-16-19-21-22-23-24-27-29-32-35-38-44(47)50-41-42(40-49-43(46)37-34-31-28-25-18-15-12-9-6-3)51-45(48)39-36-33-30-26-20-17-14-11-8-5-2/h42H,4-41H2,1-3H3. The van der Waals surface area contributed by atoms with Crippen molar-refractivity contribution in [2.24, 2.45) is 0 Å². The molecule has 0 radical (unpaired) electrons. The number of rotatable bonds is 41. The molecule has 1 atom stereocenters. The van der Waals surface area contributed by atoms with Crippen molar-refractivity contribution in [1.82, 2.24) is 0 Å². The molecule has 51 heavy (non-hydrogen) atoms. The normalized spacial score (nSPS) is 11.8. The van der Waals surface area contributed by atoms with Crippen LogP contribution < -0.4 is 0 Å². The molecule has 6 nitrogen and oxygen atoms in total. The van der Waals surface area contributed by atoms with Crippen LogP contribution in [0.2, 0.25) is 0 Å². The van der Waals surface area contributed by atoms with Crippen molar-refractivity contribution in [3.8, 4) is 0 Å². The molecule has 0 aromatic carbocycles. The molecule has 1 unspecified atom stereocenters. The van der Waals surface area contributed by atoms with Gasteiger partial charge < -0.3 is 14.2 Å². The van der Waals surface area contributed by atoms with E-state index < -0.39 is 6.10 Å². The summed E-state index contributed by atoms with van der Waals surface area (Å²) in [7, 11) is 0. The Morgan fingerprint density at radius 3 is 0.784 bits per heavy atom. The molecule has 0 bridgehead atoms. The van der Waals surface area contributed by atoms with Gasteiger partial charge in [0.25, 0.3) is 0 Å². The minimum absolute atomic E-state index is 0.0630. The van der Waals surface area contributed by atoms with Crippen LogP contribution in [0.4, 0.5) is 0 Å². The van der Waals surface area contributed by atoms with E-state index in [9.17, 15) is 14.4 Å². The lowest BCUT2D eigenvalue weighted by molar-refractivity contribution is -0.167. The van der Waals surface area contributed by atoms with Crippen molar-refractivity contribution in [3.05, 3.63) is 0 Å². The Labute approximate surface area is 317 Å². The number of unbranched alkanes of at least 4 members (excludes halogenated alkanes) is 30. The SMILES string of the molecule is CCCCCCCCCCCCCCCCC(=O)OCC(COC(=O)CCCCCCCCCCC)OC(=O)CCCCCCCCCCCC. The van der Waals surface area contributed by atoms with E-state index in [4.69, 9.17) is 14.2 Å². The second-order valence-electron chi connectivity index (χ2n) is 15.3. The minimum atomic E-state index is -0.756. The molecule has 0 heterocycles. The Hall–Kier alpha value is -1.59. The smallest absolute Gasteiger partial charge is 0.306 e. The second kappa shape index (κ2) is 41.2. The van der Waals surface area contributed by atoms with Gasteiger partial charge in [0.2, 0.25) is 0 Å². The summed E-state index contributed by atoms with van der Waals surface area (Å²) in [4.78, 5) is 37.6. The summed E-state index contributed by atoms with van der Waals surface area (Å²) in [6.07, 6.45) is 40.8. The number of ether oxygens (including phenoxy) is 3. The number of esters is 3. The van der Waals surface area contributed by atoms with E-state index in [1.54, 1.807) is 0 Å². The van der Waals surface area contributed by atoms with Crippen LogP contribution in [0.15, 0.2) is 0 Å². The maximum absolute atomic E-state index is 12.6. The monoisotopic (exact) mass is 723 g/mol. The third-order valence-corrected chi connectivity index (χ3v) is 10.1. The fraction of sp³-hybridized carbons (Fsp3) is 0.933. The first-order chi connectivity index (χ1) is 25.0. The van der Waals surface area contributed by atoms with Crippen molar-refractivity contribution >= 4 is 17.9 Å². The lowest BCUT2D eigenvalue weighted by Gasteiger charge is -2.18. The van der Waals surface area contributed by atoms with Crippen LogP contribution in [-0.4, -0.2) is 37.2 Å². The molecule has 0 aromatic heterocycles. The summed E-state index contributed by atoms with van der Waals surface area (Å²) < 4.78 is 16.7. The molecule has 0 aromatic rings. The molecule has 6 heteroatoms. The molecule has 0 N–H and O–H groups in total. The average Bonchev–Trinajstić information content (AvgIpc) is 3.12. The predicted octanol–water partition coefficient (Wildman–Crippen LogP) is 14.1. The molecule has 0 aliphatic carbocycles. The highest BCUT2D eigenvalue weighted by Gasteiger charge is 2.19. The van der Waals surface area contributed by atoms with Crippen LogP contribution in [0.5, 0.6) is 0 Å². The van der Waals surface area contributed by atoms with Gasteiger partial charge in [-0.1, -0.05) is 213 Å². The highest BCUT2D eigenvalue weighted by molar-refractivity contribution is 5.71. The van der Waals surface area contributed by atoms with E-state index in [-0.39, 0.29) is 31.1 Å². The molecule has 0 spiro atoms. The molecular formula is C45H86O6. The molecule has 0 saturated carbocycles. The van der Waals surface area contributed by atoms with Crippen LogP contribution in [0.25, 0.3) is 0 Å². The Balaban J connectivity index is 4.28. The van der Waals surface area contributed by atoms with E-state index in [0.717, 1.165) is 57.8 Å². The quantitative estimate of drug-likeness (QED) is 0.0355. The zero-order valence-corrected chi connectivity index (χ0v) is 34.4. The van der Waals surface area contributed by atoms with Gasteiger partial charge in [-0.25, -0.2) is 0 Å². The topological polar surface area (TPSA) is 78.9 Å². The summed E-state index contributed by atoms with van der Waals surface area (Å²) in [5.41, 5.74) is 0. The molecule has 0 saturated heterocycles. The minimum Gasteiger partial charge on any atom is -0.462 e. The van der Waals surface area contributed by atoms with Crippen molar-refractivity contribution < 1.29 is 28.6 Å². The highest BCUT2D eigenvalue weighted by atomic mass is 16.6. The summed E-state index contributed by atoms with van der Waals surface area (Å²) >= 11 is 0. The first-order valence-electron chi connectivity index (χ1n) is 22.5. The maximum atomic E-state index is 12.6. The van der Waals surface area contributed by atoms with E-state index in [1.165, 1.54) is 154 Å². The molecule has 0 amide bonds. The first-order valence-corrected chi connectivity index (χ1v) is 22.5. The Bertz CT molecular complexity index is 753. The predicted molar refractivity (Wildman–Crippen MR) is 215 cm³/mol. The van der Waals surface area contributed by atoms with Crippen molar-refractivity contribution in [2.45, 2.75) is 258 Å². The fourth-order valence-corrected chi connectivity index (χ4v) is 6.68. The van der Waals surface area contributed by atoms with Gasteiger partial charge >= 0.3 is 17.9 Å². The van der Waals surface area contributed by atoms with Crippen molar-refractivity contribution in [3.63, 3.8) is 0 Å². The summed E-state index contributed by atoms with van der Waals surface area (Å²) in [5.74, 6) is -0.856. The number of hydrogen-bond donors (Lipinski definition) is 0. The summed E-state index contributed by atoms with van der Waals surface area (Å²) in [6, 6.07) is 0. The van der Waals surface area contributed by atoms with Gasteiger partial charge in [-0.3, -0.25) is 14.4 Å². The largest absolute Gasteiger partial charge is 0.462 e. The average molecular weight is 723 g/mol. The third kappa shape index (κ3) is 39.5. The zero-order chi connectivity index (χ0) is 37.3. The van der Waals surface area contributed by atoms with Gasteiger partial charge in [0.1, 0.15) is 13.2 Å².